The zero-order valence-corrected chi connectivity index (χ0v) is 22.1. The predicted octanol–water partition coefficient (Wildman–Crippen LogP) is 6.31. The van der Waals surface area contributed by atoms with E-state index >= 15 is 0 Å². The van der Waals surface area contributed by atoms with E-state index in [1.807, 2.05) is 44.2 Å². The van der Waals surface area contributed by atoms with Gasteiger partial charge in [0.1, 0.15) is 0 Å². The summed E-state index contributed by atoms with van der Waals surface area (Å²) in [6, 6.07) is 26.7. The average Bonchev–Trinajstić information content (AvgIpc) is 2.85. The van der Waals surface area contributed by atoms with Crippen molar-refractivity contribution in [3.8, 4) is 0 Å². The molecule has 3 aromatic rings. The maximum Gasteiger partial charge on any atom is 0.283 e. The molecule has 0 unspecified atom stereocenters. The molecule has 0 N–H and O–H groups in total. The van der Waals surface area contributed by atoms with E-state index in [2.05, 4.69) is 70.1 Å². The molecule has 1 heterocycles. The van der Waals surface area contributed by atoms with Gasteiger partial charge in [0, 0.05) is 30.9 Å². The molecule has 36 heavy (non-hydrogen) atoms. The average molecular weight is 551 g/mol. The minimum absolute atomic E-state index is 0. The van der Waals surface area contributed by atoms with Gasteiger partial charge in [0.15, 0.2) is 0 Å². The van der Waals surface area contributed by atoms with Crippen LogP contribution in [0.2, 0.25) is 0 Å². The molecule has 1 aromatic heterocycles. The Labute approximate surface area is 233 Å². The van der Waals surface area contributed by atoms with Gasteiger partial charge in [-0.25, -0.2) is 4.98 Å². The van der Waals surface area contributed by atoms with E-state index in [-0.39, 0.29) is 46.5 Å². The number of hydrogen-bond acceptors (Lipinski definition) is 4. The number of rotatable bonds is 7. The summed E-state index contributed by atoms with van der Waals surface area (Å²) in [5.41, 5.74) is 3.70. The van der Waals surface area contributed by atoms with Crippen LogP contribution in [0, 0.1) is 7.43 Å². The summed E-state index contributed by atoms with van der Waals surface area (Å²) in [7, 11) is 2.40. The van der Waals surface area contributed by atoms with Gasteiger partial charge in [0.2, 0.25) is 0 Å². The summed E-state index contributed by atoms with van der Waals surface area (Å²) < 4.78 is 5.95. The van der Waals surface area contributed by atoms with E-state index in [0.717, 1.165) is 22.8 Å². The van der Waals surface area contributed by atoms with Gasteiger partial charge in [0.05, 0.1) is 29.4 Å². The molecule has 3 rings (SSSR count). The minimum atomic E-state index is -1.13. The molecule has 0 fully saturated rings. The Balaban J connectivity index is -0.000000253. The quantitative estimate of drug-likeness (QED) is 0.150. The fourth-order valence-electron chi connectivity index (χ4n) is 2.72. The Morgan fingerprint density at radius 1 is 0.778 bits per heavy atom. The monoisotopic (exact) mass is 550 g/mol. The summed E-state index contributed by atoms with van der Waals surface area (Å²) in [6.07, 6.45) is 1.80. The van der Waals surface area contributed by atoms with E-state index in [9.17, 15) is 0 Å². The van der Waals surface area contributed by atoms with Crippen molar-refractivity contribution in [2.24, 2.45) is 9.98 Å². The molecule has 0 saturated carbocycles. The molecule has 4 nitrogen and oxygen atoms in total. The first kappa shape index (κ1) is 40.5. The zero-order chi connectivity index (χ0) is 22.5. The van der Waals surface area contributed by atoms with Crippen molar-refractivity contribution in [2.45, 2.75) is 36.1 Å². The van der Waals surface area contributed by atoms with Gasteiger partial charge < -0.3 is 11.9 Å². The van der Waals surface area contributed by atoms with Crippen LogP contribution in [-0.2, 0) is 21.2 Å². The van der Waals surface area contributed by atoms with Crippen LogP contribution in [0.1, 0.15) is 47.5 Å². The second-order valence-corrected chi connectivity index (χ2v) is 8.79. The topological polar surface area (TPSA) is 46.8 Å². The normalized spacial score (nSPS) is 10.0. The molecule has 0 atom stereocenters. The summed E-state index contributed by atoms with van der Waals surface area (Å²) >= 11 is 0. The van der Waals surface area contributed by atoms with Crippen LogP contribution in [0.15, 0.2) is 102 Å². The molecule has 0 spiro atoms. The number of benzene rings is 2. The van der Waals surface area contributed by atoms with Gasteiger partial charge >= 0.3 is 0 Å². The largest absolute Gasteiger partial charge is 0.404 e. The summed E-state index contributed by atoms with van der Waals surface area (Å²) in [6.45, 7) is 8.20. The van der Waals surface area contributed by atoms with Crippen LogP contribution in [0.5, 0.6) is 0 Å². The van der Waals surface area contributed by atoms with Crippen molar-refractivity contribution in [1.82, 2.24) is 4.98 Å². The van der Waals surface area contributed by atoms with Crippen molar-refractivity contribution in [3.63, 3.8) is 0 Å². The molecule has 200 valence electrons. The van der Waals surface area contributed by atoms with Crippen molar-refractivity contribution in [1.29, 1.82) is 0 Å². The molecule has 0 saturated heterocycles. The van der Waals surface area contributed by atoms with Crippen LogP contribution < -0.4 is 10.4 Å². The molecule has 0 bridgehead atoms. The van der Waals surface area contributed by atoms with Crippen LogP contribution >= 0.6 is 0 Å². The van der Waals surface area contributed by atoms with Crippen molar-refractivity contribution >= 4 is 30.8 Å². The molecule has 0 aliphatic rings. The molecule has 0 amide bonds. The number of nitrogens with zero attached hydrogens (tertiary/aromatic N) is 3. The third kappa shape index (κ3) is 12.9. The Kier molecular flexibility index (Phi) is 25.7. The summed E-state index contributed by atoms with van der Waals surface area (Å²) in [4.78, 5) is 12.7. The standard InChI is InChI=1S/C15H15OSi.C11H15N3.3CH4.CH3.Co/c1-2-13-16-17(14-9-5-3-6-10-14)15-11-7-4-8-12-15;1-8(12-3)10-6-5-7-11(14-10)9(2)13-4;;;;;/h2-12H,1,13H2;5-7H,1-4H3;3*1H4;1H3;/q;;;;;-1;. The molecule has 0 aliphatic carbocycles. The van der Waals surface area contributed by atoms with Crippen LogP contribution in [0.25, 0.3) is 0 Å². The summed E-state index contributed by atoms with van der Waals surface area (Å²) in [5, 5.41) is 2.54. The van der Waals surface area contributed by atoms with E-state index in [0.29, 0.717) is 6.61 Å². The number of aromatic nitrogens is 1. The molecular formula is C30H45CoN3OSi-. The Hall–Kier alpha value is -2.65. The van der Waals surface area contributed by atoms with Gasteiger partial charge in [-0.15, -0.1) is 6.58 Å². The fourth-order valence-corrected chi connectivity index (χ4v) is 4.66. The zero-order valence-electron chi connectivity index (χ0n) is 20.1. The first-order valence-corrected chi connectivity index (χ1v) is 11.6. The predicted molar refractivity (Wildman–Crippen MR) is 161 cm³/mol. The van der Waals surface area contributed by atoms with Crippen LogP contribution in [0.4, 0.5) is 0 Å². The number of aliphatic imine (C=N–C) groups is 2. The molecule has 6 heteroatoms. The van der Waals surface area contributed by atoms with Gasteiger partial charge in [-0.1, -0.05) is 95.1 Å². The van der Waals surface area contributed by atoms with Crippen LogP contribution in [-0.4, -0.2) is 46.1 Å². The number of hydrogen-bond donors (Lipinski definition) is 0. The smallest absolute Gasteiger partial charge is 0.283 e. The Morgan fingerprint density at radius 2 is 1.17 bits per heavy atom. The van der Waals surface area contributed by atoms with Gasteiger partial charge in [-0.05, 0) is 36.4 Å². The Morgan fingerprint density at radius 3 is 1.50 bits per heavy atom. The first-order valence-electron chi connectivity index (χ1n) is 10.2. The third-order valence-corrected chi connectivity index (χ3v) is 6.75. The second kappa shape index (κ2) is 22.8. The molecule has 0 aliphatic heterocycles. The van der Waals surface area contributed by atoms with Crippen molar-refractivity contribution in [3.05, 3.63) is 110 Å². The van der Waals surface area contributed by atoms with Crippen molar-refractivity contribution in [2.75, 3.05) is 20.7 Å². The molecular weight excluding hydrogens is 505 g/mol. The maximum absolute atomic E-state index is 5.95. The van der Waals surface area contributed by atoms with E-state index in [4.69, 9.17) is 4.43 Å². The minimum Gasteiger partial charge on any atom is -0.404 e. The summed E-state index contributed by atoms with van der Waals surface area (Å²) in [5.74, 6) is 0. The molecule has 2 aromatic carbocycles. The molecule has 2 radical (unpaired) electrons. The number of pyridine rings is 1. The first-order chi connectivity index (χ1) is 15.1. The van der Waals surface area contributed by atoms with Gasteiger partial charge in [-0.3, -0.25) is 9.98 Å². The van der Waals surface area contributed by atoms with Crippen molar-refractivity contribution < 1.29 is 21.2 Å². The third-order valence-electron chi connectivity index (χ3n) is 4.58. The van der Waals surface area contributed by atoms with Gasteiger partial charge in [0.25, 0.3) is 9.04 Å². The van der Waals surface area contributed by atoms with E-state index < -0.39 is 9.04 Å². The maximum atomic E-state index is 5.95. The van der Waals surface area contributed by atoms with Crippen LogP contribution in [0.3, 0.4) is 0 Å². The second-order valence-electron chi connectivity index (χ2n) is 6.69. The van der Waals surface area contributed by atoms with E-state index in [1.54, 1.807) is 20.2 Å². The Bertz CT molecular complexity index is 936. The SMILES string of the molecule is C.C.C.C=CCO[Si](c1ccccc1)c1ccccc1.CN=C(C)c1cccc(C(C)=NC)n1.[CH3-].[Co]. The van der Waals surface area contributed by atoms with Gasteiger partial charge in [-0.2, -0.15) is 0 Å². The van der Waals surface area contributed by atoms with E-state index in [1.165, 1.54) is 10.4 Å². The fraction of sp³-hybridized carbons (Fsp3) is 0.267.